The zero-order chi connectivity index (χ0) is 25.8. The van der Waals surface area contributed by atoms with Crippen molar-refractivity contribution in [3.63, 3.8) is 0 Å². The van der Waals surface area contributed by atoms with Gasteiger partial charge in [0.25, 0.3) is 15.9 Å². The maximum atomic E-state index is 13.0. The van der Waals surface area contributed by atoms with Crippen molar-refractivity contribution >= 4 is 38.9 Å². The third kappa shape index (κ3) is 4.77. The third-order valence-corrected chi connectivity index (χ3v) is 10.4. The van der Waals surface area contributed by atoms with E-state index in [0.717, 1.165) is 23.3 Å². The van der Waals surface area contributed by atoms with Gasteiger partial charge in [-0.1, -0.05) is 41.4 Å². The van der Waals surface area contributed by atoms with Crippen molar-refractivity contribution in [1.82, 2.24) is 0 Å². The number of benzene rings is 3. The summed E-state index contributed by atoms with van der Waals surface area (Å²) in [5.74, 6) is 2.25. The second-order valence-electron chi connectivity index (χ2n) is 11.3. The van der Waals surface area contributed by atoms with E-state index in [1.165, 1.54) is 62.3 Å². The predicted octanol–water partition coefficient (Wildman–Crippen LogP) is 7.17. The summed E-state index contributed by atoms with van der Waals surface area (Å²) < 4.78 is 28.6. The molecule has 0 aliphatic heterocycles. The maximum absolute atomic E-state index is 13.0. The lowest BCUT2D eigenvalue weighted by atomic mass is 9.48. The second-order valence-corrected chi connectivity index (χ2v) is 13.4. The summed E-state index contributed by atoms with van der Waals surface area (Å²) in [4.78, 5) is 12.9. The predicted molar refractivity (Wildman–Crippen MR) is 148 cm³/mol. The number of amides is 1. The topological polar surface area (TPSA) is 75.3 Å². The molecular weight excluding hydrogens is 504 g/mol. The molecule has 4 bridgehead atoms. The van der Waals surface area contributed by atoms with Crippen LogP contribution in [0.4, 0.5) is 11.4 Å². The van der Waals surface area contributed by atoms with Crippen LogP contribution in [0.2, 0.25) is 5.02 Å². The summed E-state index contributed by atoms with van der Waals surface area (Å²) in [7, 11) is -3.98. The molecule has 192 valence electrons. The van der Waals surface area contributed by atoms with Gasteiger partial charge in [-0.3, -0.25) is 9.52 Å². The fraction of sp³-hybridized carbons (Fsp3) is 0.367. The Balaban J connectivity index is 1.18. The highest BCUT2D eigenvalue weighted by molar-refractivity contribution is 7.92. The van der Waals surface area contributed by atoms with Crippen molar-refractivity contribution in [2.24, 2.45) is 17.8 Å². The van der Waals surface area contributed by atoms with Crippen LogP contribution in [0, 0.1) is 24.7 Å². The van der Waals surface area contributed by atoms with Crippen molar-refractivity contribution < 1.29 is 13.2 Å². The number of sulfonamides is 1. The van der Waals surface area contributed by atoms with Crippen molar-refractivity contribution in [1.29, 1.82) is 0 Å². The smallest absolute Gasteiger partial charge is 0.263 e. The van der Waals surface area contributed by atoms with Crippen LogP contribution in [0.15, 0.2) is 71.6 Å². The summed E-state index contributed by atoms with van der Waals surface area (Å²) in [5.41, 5.74) is 4.06. The molecule has 0 radical (unpaired) electrons. The molecular formula is C30H31ClN2O3S. The summed E-state index contributed by atoms with van der Waals surface area (Å²) in [6.07, 6.45) is 8.11. The van der Waals surface area contributed by atoms with Crippen LogP contribution in [-0.2, 0) is 15.4 Å². The lowest BCUT2D eigenvalue weighted by molar-refractivity contribution is -0.00518. The van der Waals surface area contributed by atoms with Gasteiger partial charge in [0.2, 0.25) is 0 Å². The number of anilines is 2. The van der Waals surface area contributed by atoms with Crippen molar-refractivity contribution in [2.45, 2.75) is 55.8 Å². The Bertz CT molecular complexity index is 1410. The van der Waals surface area contributed by atoms with E-state index in [1.807, 2.05) is 31.2 Å². The van der Waals surface area contributed by atoms with Crippen LogP contribution in [0.3, 0.4) is 0 Å². The van der Waals surface area contributed by atoms with Crippen molar-refractivity contribution in [2.75, 3.05) is 10.0 Å². The molecule has 3 aromatic carbocycles. The van der Waals surface area contributed by atoms with E-state index in [9.17, 15) is 13.2 Å². The normalized spacial score (nSPS) is 26.2. The molecule has 4 fully saturated rings. The number of hydrogen-bond acceptors (Lipinski definition) is 3. The van der Waals surface area contributed by atoms with E-state index in [-0.39, 0.29) is 21.4 Å². The fourth-order valence-corrected chi connectivity index (χ4v) is 8.84. The number of hydrogen-bond donors (Lipinski definition) is 2. The molecule has 0 spiro atoms. The molecule has 1 amide bonds. The Morgan fingerprint density at radius 1 is 0.838 bits per heavy atom. The highest BCUT2D eigenvalue weighted by Crippen LogP contribution is 2.60. The van der Waals surface area contributed by atoms with Gasteiger partial charge >= 0.3 is 0 Å². The van der Waals surface area contributed by atoms with Crippen LogP contribution in [0.1, 0.15) is 60.0 Å². The summed E-state index contributed by atoms with van der Waals surface area (Å²) in [6.45, 7) is 1.92. The molecule has 2 N–H and O–H groups in total. The van der Waals surface area contributed by atoms with E-state index < -0.39 is 10.0 Å². The Kier molecular flexibility index (Phi) is 6.08. The number of aryl methyl sites for hydroxylation is 1. The van der Waals surface area contributed by atoms with Gasteiger partial charge in [-0.2, -0.15) is 0 Å². The number of nitrogens with one attached hydrogen (secondary N) is 2. The van der Waals surface area contributed by atoms with E-state index >= 15 is 0 Å². The Labute approximate surface area is 223 Å². The second kappa shape index (κ2) is 9.17. The van der Waals surface area contributed by atoms with Gasteiger partial charge in [-0.05, 0) is 117 Å². The number of carbonyl (C=O) groups excluding carboxylic acids is 1. The lowest BCUT2D eigenvalue weighted by Gasteiger charge is -2.57. The zero-order valence-electron chi connectivity index (χ0n) is 20.8. The summed E-state index contributed by atoms with van der Waals surface area (Å²) in [5, 5.41) is 2.97. The van der Waals surface area contributed by atoms with Gasteiger partial charge in [0, 0.05) is 16.9 Å². The number of halogens is 1. The molecule has 0 aromatic heterocycles. The van der Waals surface area contributed by atoms with Crippen LogP contribution < -0.4 is 10.0 Å². The van der Waals surface area contributed by atoms with Gasteiger partial charge < -0.3 is 5.32 Å². The van der Waals surface area contributed by atoms with Gasteiger partial charge in [-0.15, -0.1) is 0 Å². The first kappa shape index (κ1) is 24.5. The van der Waals surface area contributed by atoms with E-state index in [4.69, 9.17) is 11.6 Å². The SMILES string of the molecule is Cc1ccc(NS(=O)(=O)c2cc(C(=O)Nc3ccc(C45CC6CC(CC(C6)C4)C5)cc3)ccc2Cl)cc1. The molecule has 4 aliphatic rings. The van der Waals surface area contributed by atoms with Gasteiger partial charge in [0.15, 0.2) is 0 Å². The third-order valence-electron chi connectivity index (χ3n) is 8.58. The lowest BCUT2D eigenvalue weighted by Crippen LogP contribution is -2.48. The van der Waals surface area contributed by atoms with Crippen molar-refractivity contribution in [3.8, 4) is 0 Å². The molecule has 0 unspecified atom stereocenters. The Hall–Kier alpha value is -2.83. The van der Waals surface area contributed by atoms with Crippen molar-refractivity contribution in [3.05, 3.63) is 88.4 Å². The number of rotatable bonds is 6. The summed E-state index contributed by atoms with van der Waals surface area (Å²) >= 11 is 6.23. The van der Waals surface area contributed by atoms with Gasteiger partial charge in [0.05, 0.1) is 5.02 Å². The monoisotopic (exact) mass is 534 g/mol. The molecule has 0 heterocycles. The molecule has 3 aromatic rings. The van der Waals surface area contributed by atoms with Crippen LogP contribution >= 0.6 is 11.6 Å². The maximum Gasteiger partial charge on any atom is 0.263 e. The molecule has 0 atom stereocenters. The first-order valence-corrected chi connectivity index (χ1v) is 14.9. The zero-order valence-corrected chi connectivity index (χ0v) is 22.4. The van der Waals surface area contributed by atoms with Crippen LogP contribution in [-0.4, -0.2) is 14.3 Å². The van der Waals surface area contributed by atoms with E-state index in [1.54, 1.807) is 12.1 Å². The van der Waals surface area contributed by atoms with Gasteiger partial charge in [-0.25, -0.2) is 8.42 Å². The molecule has 7 rings (SSSR count). The fourth-order valence-electron chi connectivity index (χ4n) is 7.26. The minimum atomic E-state index is -3.98. The van der Waals surface area contributed by atoms with E-state index in [0.29, 0.717) is 16.8 Å². The standard InChI is InChI=1S/C30H31ClN2O3S/c1-19-2-7-26(8-3-19)33-37(35,36)28-15-23(4-11-27(28)31)29(34)32-25-9-5-24(6-10-25)30-16-20-12-21(17-30)14-22(13-20)18-30/h2-11,15,20-22,33H,12-14,16-18H2,1H3,(H,32,34). The highest BCUT2D eigenvalue weighted by atomic mass is 35.5. The average Bonchev–Trinajstić information content (AvgIpc) is 2.85. The minimum absolute atomic E-state index is 0.0519. The first-order valence-electron chi connectivity index (χ1n) is 13.0. The first-order chi connectivity index (χ1) is 17.7. The molecule has 4 saturated carbocycles. The molecule has 0 saturated heterocycles. The molecule has 5 nitrogen and oxygen atoms in total. The average molecular weight is 535 g/mol. The largest absolute Gasteiger partial charge is 0.322 e. The molecule has 4 aliphatic carbocycles. The summed E-state index contributed by atoms with van der Waals surface area (Å²) in [6, 6.07) is 19.6. The van der Waals surface area contributed by atoms with E-state index in [2.05, 4.69) is 22.2 Å². The molecule has 7 heteroatoms. The number of carbonyl (C=O) groups is 1. The van der Waals surface area contributed by atoms with Gasteiger partial charge in [0.1, 0.15) is 4.90 Å². The Morgan fingerprint density at radius 3 is 2.00 bits per heavy atom. The van der Waals surface area contributed by atoms with Crippen LogP contribution in [0.25, 0.3) is 0 Å². The quantitative estimate of drug-likeness (QED) is 0.352. The van der Waals surface area contributed by atoms with Crippen LogP contribution in [0.5, 0.6) is 0 Å². The molecule has 37 heavy (non-hydrogen) atoms. The minimum Gasteiger partial charge on any atom is -0.322 e. The highest BCUT2D eigenvalue weighted by Gasteiger charge is 2.51. The Morgan fingerprint density at radius 2 is 1.41 bits per heavy atom.